The summed E-state index contributed by atoms with van der Waals surface area (Å²) in [4.78, 5) is 6.84. The number of ether oxygens (including phenoxy) is 1. The van der Waals surface area contributed by atoms with Gasteiger partial charge in [-0.1, -0.05) is 12.1 Å². The Morgan fingerprint density at radius 3 is 2.58 bits per heavy atom. The van der Waals surface area contributed by atoms with E-state index in [2.05, 4.69) is 29.2 Å². The van der Waals surface area contributed by atoms with Gasteiger partial charge in [-0.25, -0.2) is 9.38 Å². The van der Waals surface area contributed by atoms with Gasteiger partial charge in [0, 0.05) is 33.4 Å². The number of guanidine groups is 1. The van der Waals surface area contributed by atoms with E-state index in [1.807, 2.05) is 0 Å². The number of nitrogens with zero attached hydrogens (tertiary/aromatic N) is 2. The van der Waals surface area contributed by atoms with Gasteiger partial charge in [-0.2, -0.15) is 0 Å². The lowest BCUT2D eigenvalue weighted by atomic mass is 9.96. The third-order valence-corrected chi connectivity index (χ3v) is 4.23. The van der Waals surface area contributed by atoms with Crippen LogP contribution in [0.4, 0.5) is 4.39 Å². The van der Waals surface area contributed by atoms with E-state index in [1.54, 1.807) is 12.1 Å². The average Bonchev–Trinajstić information content (AvgIpc) is 2.59. The molecule has 0 bridgehead atoms. The SMILES string of the molecule is CCNC(=NCc1ccc(F)cc1)N(C)CCC1CCOCC1.I. The third-order valence-electron chi connectivity index (χ3n) is 4.23. The van der Waals surface area contributed by atoms with Crippen molar-refractivity contribution >= 4 is 29.9 Å². The fourth-order valence-electron chi connectivity index (χ4n) is 2.74. The molecule has 1 aromatic rings. The fraction of sp³-hybridized carbons (Fsp3) is 0.611. The lowest BCUT2D eigenvalue weighted by Crippen LogP contribution is -2.40. The number of hydrogen-bond acceptors (Lipinski definition) is 2. The van der Waals surface area contributed by atoms with E-state index in [-0.39, 0.29) is 29.8 Å². The van der Waals surface area contributed by atoms with Crippen LogP contribution in [-0.2, 0) is 11.3 Å². The van der Waals surface area contributed by atoms with Gasteiger partial charge in [-0.15, -0.1) is 24.0 Å². The molecule has 1 N–H and O–H groups in total. The van der Waals surface area contributed by atoms with Crippen molar-refractivity contribution in [3.63, 3.8) is 0 Å². The Kier molecular flexibility index (Phi) is 10.2. The van der Waals surface area contributed by atoms with Crippen molar-refractivity contribution in [3.05, 3.63) is 35.6 Å². The van der Waals surface area contributed by atoms with Crippen molar-refractivity contribution in [2.45, 2.75) is 32.7 Å². The van der Waals surface area contributed by atoms with Gasteiger partial charge in [-0.05, 0) is 49.8 Å². The van der Waals surface area contributed by atoms with E-state index in [0.29, 0.717) is 6.54 Å². The van der Waals surface area contributed by atoms with Gasteiger partial charge in [0.05, 0.1) is 6.54 Å². The quantitative estimate of drug-likeness (QED) is 0.409. The Morgan fingerprint density at radius 2 is 1.96 bits per heavy atom. The highest BCUT2D eigenvalue weighted by Crippen LogP contribution is 2.18. The van der Waals surface area contributed by atoms with Gasteiger partial charge in [-0.3, -0.25) is 0 Å². The molecule has 0 aliphatic carbocycles. The Balaban J connectivity index is 0.00000288. The molecule has 4 nitrogen and oxygen atoms in total. The molecule has 1 aliphatic rings. The topological polar surface area (TPSA) is 36.9 Å². The third kappa shape index (κ3) is 7.34. The molecule has 0 radical (unpaired) electrons. The summed E-state index contributed by atoms with van der Waals surface area (Å²) >= 11 is 0. The first kappa shape index (κ1) is 21.2. The fourth-order valence-corrected chi connectivity index (χ4v) is 2.74. The Hall–Kier alpha value is -0.890. The lowest BCUT2D eigenvalue weighted by molar-refractivity contribution is 0.0625. The van der Waals surface area contributed by atoms with Crippen LogP contribution < -0.4 is 5.32 Å². The van der Waals surface area contributed by atoms with Gasteiger partial charge in [0.2, 0.25) is 0 Å². The van der Waals surface area contributed by atoms with E-state index in [4.69, 9.17) is 4.74 Å². The van der Waals surface area contributed by atoms with Crippen LogP contribution in [0.15, 0.2) is 29.3 Å². The summed E-state index contributed by atoms with van der Waals surface area (Å²) in [6.45, 7) is 6.24. The second-order valence-corrected chi connectivity index (χ2v) is 6.06. The van der Waals surface area contributed by atoms with Crippen molar-refractivity contribution in [2.24, 2.45) is 10.9 Å². The highest BCUT2D eigenvalue weighted by Gasteiger charge is 2.15. The monoisotopic (exact) mass is 449 g/mol. The summed E-state index contributed by atoms with van der Waals surface area (Å²) in [5, 5.41) is 3.33. The summed E-state index contributed by atoms with van der Waals surface area (Å²) in [5.74, 6) is 1.45. The van der Waals surface area contributed by atoms with E-state index >= 15 is 0 Å². The molecule has 0 atom stereocenters. The molecule has 1 aliphatic heterocycles. The number of hydrogen-bond donors (Lipinski definition) is 1. The predicted octanol–water partition coefficient (Wildman–Crippen LogP) is 3.66. The summed E-state index contributed by atoms with van der Waals surface area (Å²) in [5.41, 5.74) is 1.01. The number of halogens is 2. The highest BCUT2D eigenvalue weighted by molar-refractivity contribution is 14.0. The normalized spacial score (nSPS) is 15.7. The first-order valence-corrected chi connectivity index (χ1v) is 8.50. The van der Waals surface area contributed by atoms with Crippen molar-refractivity contribution in [1.29, 1.82) is 0 Å². The molecule has 0 spiro atoms. The molecule has 136 valence electrons. The van der Waals surface area contributed by atoms with Gasteiger partial charge in [0.25, 0.3) is 0 Å². The molecule has 24 heavy (non-hydrogen) atoms. The minimum Gasteiger partial charge on any atom is -0.381 e. The maximum Gasteiger partial charge on any atom is 0.193 e. The molecule has 0 unspecified atom stereocenters. The van der Waals surface area contributed by atoms with E-state index < -0.39 is 0 Å². The lowest BCUT2D eigenvalue weighted by Gasteiger charge is -2.26. The van der Waals surface area contributed by atoms with Crippen molar-refractivity contribution in [1.82, 2.24) is 10.2 Å². The summed E-state index contributed by atoms with van der Waals surface area (Å²) < 4.78 is 18.4. The summed E-state index contributed by atoms with van der Waals surface area (Å²) in [6, 6.07) is 6.52. The zero-order valence-electron chi connectivity index (χ0n) is 14.6. The number of nitrogens with one attached hydrogen (secondary N) is 1. The van der Waals surface area contributed by atoms with Crippen molar-refractivity contribution in [2.75, 3.05) is 33.4 Å². The van der Waals surface area contributed by atoms with Crippen LogP contribution in [0.1, 0.15) is 31.7 Å². The molecule has 2 rings (SSSR count). The largest absolute Gasteiger partial charge is 0.381 e. The van der Waals surface area contributed by atoms with Gasteiger partial charge in [0.1, 0.15) is 5.82 Å². The highest BCUT2D eigenvalue weighted by atomic mass is 127. The molecule has 1 aromatic carbocycles. The van der Waals surface area contributed by atoms with Crippen LogP contribution in [0.2, 0.25) is 0 Å². The first-order chi connectivity index (χ1) is 11.2. The number of benzene rings is 1. The van der Waals surface area contributed by atoms with Crippen molar-refractivity contribution < 1.29 is 9.13 Å². The predicted molar refractivity (Wildman–Crippen MR) is 107 cm³/mol. The zero-order chi connectivity index (χ0) is 16.5. The standard InChI is InChI=1S/C18H28FN3O.HI/c1-3-20-18(21-14-16-4-6-17(19)7-5-16)22(2)11-8-15-9-12-23-13-10-15;/h4-7,15H,3,8-14H2,1-2H3,(H,20,21);1H. The Labute approximate surface area is 161 Å². The molecule has 0 saturated carbocycles. The maximum absolute atomic E-state index is 12.9. The van der Waals surface area contributed by atoms with Gasteiger partial charge in [0.15, 0.2) is 5.96 Å². The van der Waals surface area contributed by atoms with Gasteiger partial charge < -0.3 is 15.0 Å². The second-order valence-electron chi connectivity index (χ2n) is 6.06. The smallest absolute Gasteiger partial charge is 0.193 e. The molecular formula is C18H29FIN3O. The molecule has 6 heteroatoms. The summed E-state index contributed by atoms with van der Waals surface area (Å²) in [7, 11) is 2.07. The molecule has 1 saturated heterocycles. The van der Waals surface area contributed by atoms with Crippen LogP contribution in [0.3, 0.4) is 0 Å². The maximum atomic E-state index is 12.9. The summed E-state index contributed by atoms with van der Waals surface area (Å²) in [6.07, 6.45) is 3.50. The number of aliphatic imine (C=N–C) groups is 1. The Bertz CT molecular complexity index is 490. The minimum absolute atomic E-state index is 0. The molecule has 0 amide bonds. The van der Waals surface area contributed by atoms with E-state index in [0.717, 1.165) is 56.6 Å². The molecular weight excluding hydrogens is 420 g/mol. The van der Waals surface area contributed by atoms with Crippen LogP contribution in [0, 0.1) is 11.7 Å². The first-order valence-electron chi connectivity index (χ1n) is 8.50. The minimum atomic E-state index is -0.210. The van der Waals surface area contributed by atoms with Crippen LogP contribution in [0.5, 0.6) is 0 Å². The van der Waals surface area contributed by atoms with Gasteiger partial charge >= 0.3 is 0 Å². The number of rotatable bonds is 6. The average molecular weight is 449 g/mol. The second kappa shape index (κ2) is 11.6. The van der Waals surface area contributed by atoms with Crippen LogP contribution in [0.25, 0.3) is 0 Å². The van der Waals surface area contributed by atoms with Crippen LogP contribution >= 0.6 is 24.0 Å². The van der Waals surface area contributed by atoms with Crippen LogP contribution in [-0.4, -0.2) is 44.2 Å². The van der Waals surface area contributed by atoms with E-state index in [1.165, 1.54) is 18.6 Å². The zero-order valence-corrected chi connectivity index (χ0v) is 17.0. The molecule has 1 heterocycles. The Morgan fingerprint density at radius 1 is 1.29 bits per heavy atom. The van der Waals surface area contributed by atoms with E-state index in [9.17, 15) is 4.39 Å². The molecule has 1 fully saturated rings. The molecule has 0 aromatic heterocycles. The van der Waals surface area contributed by atoms with Crippen molar-refractivity contribution in [3.8, 4) is 0 Å².